The van der Waals surface area contributed by atoms with Crippen LogP contribution in [0.15, 0.2) is 0 Å². The molecule has 1 radical (unpaired) electrons. The van der Waals surface area contributed by atoms with E-state index < -0.39 is 6.23 Å². The molecule has 0 saturated heterocycles. The highest BCUT2D eigenvalue weighted by molar-refractivity contribution is 4.55. The molecule has 1 unspecified atom stereocenters. The van der Waals surface area contributed by atoms with E-state index in [1.807, 2.05) is 0 Å². The second kappa shape index (κ2) is 17.0. The van der Waals surface area contributed by atoms with Crippen molar-refractivity contribution in [2.75, 3.05) is 6.54 Å². The Hall–Kier alpha value is -0.0800. The fourth-order valence-corrected chi connectivity index (χ4v) is 2.59. The Bertz CT molecular complexity index is 171. The predicted octanol–water partition coefficient (Wildman–Crippen LogP) is 5.21. The van der Waals surface area contributed by atoms with Gasteiger partial charge in [0.05, 0.1) is 0 Å². The molecule has 0 amide bonds. The van der Waals surface area contributed by atoms with Crippen molar-refractivity contribution >= 4 is 0 Å². The van der Waals surface area contributed by atoms with Gasteiger partial charge in [-0.25, -0.2) is 0 Å². The number of aliphatic hydroxyl groups excluding tert-OH is 1. The Labute approximate surface area is 127 Å². The maximum atomic E-state index is 8.93. The molecule has 2 N–H and O–H groups in total. The minimum Gasteiger partial charge on any atom is -0.379 e. The van der Waals surface area contributed by atoms with Gasteiger partial charge >= 0.3 is 0 Å². The monoisotopic (exact) mass is 284 g/mol. The lowest BCUT2D eigenvalue weighted by atomic mass is 10.0. The van der Waals surface area contributed by atoms with Gasteiger partial charge in [0.15, 0.2) is 0 Å². The Morgan fingerprint density at radius 3 is 1.40 bits per heavy atom. The molecule has 0 spiro atoms. The maximum Gasteiger partial charge on any atom is 0.105 e. The Morgan fingerprint density at radius 2 is 1.05 bits per heavy atom. The van der Waals surface area contributed by atoms with Crippen molar-refractivity contribution < 1.29 is 5.11 Å². The molecule has 0 aromatic rings. The van der Waals surface area contributed by atoms with E-state index in [-0.39, 0.29) is 0 Å². The van der Waals surface area contributed by atoms with Crippen LogP contribution in [0.3, 0.4) is 0 Å². The SMILES string of the molecule is [CH2]C(O)NCCCCCCCCCCCCCCCC. The summed E-state index contributed by atoms with van der Waals surface area (Å²) in [5.41, 5.74) is 0. The van der Waals surface area contributed by atoms with Crippen molar-refractivity contribution in [3.8, 4) is 0 Å². The molecular formula is C18H38NO. The summed E-state index contributed by atoms with van der Waals surface area (Å²) < 4.78 is 0. The zero-order valence-corrected chi connectivity index (χ0v) is 13.8. The summed E-state index contributed by atoms with van der Waals surface area (Å²) in [6, 6.07) is 0. The molecule has 0 heterocycles. The average molecular weight is 285 g/mol. The van der Waals surface area contributed by atoms with Crippen LogP contribution < -0.4 is 5.32 Å². The first-order chi connectivity index (χ1) is 9.77. The van der Waals surface area contributed by atoms with E-state index in [4.69, 9.17) is 5.11 Å². The van der Waals surface area contributed by atoms with E-state index in [0.29, 0.717) is 0 Å². The smallest absolute Gasteiger partial charge is 0.105 e. The maximum absolute atomic E-state index is 8.93. The summed E-state index contributed by atoms with van der Waals surface area (Å²) in [7, 11) is 0. The van der Waals surface area contributed by atoms with Crippen LogP contribution in [-0.2, 0) is 0 Å². The molecule has 20 heavy (non-hydrogen) atoms. The minimum absolute atomic E-state index is 0.600. The molecule has 0 bridgehead atoms. The molecule has 0 aromatic heterocycles. The van der Waals surface area contributed by atoms with Crippen LogP contribution in [-0.4, -0.2) is 17.9 Å². The molecule has 1 atom stereocenters. The van der Waals surface area contributed by atoms with Gasteiger partial charge in [0.25, 0.3) is 0 Å². The first-order valence-electron chi connectivity index (χ1n) is 9.02. The standard InChI is InChI=1S/C18H38NO/c1-3-4-5-6-7-8-9-10-11-12-13-14-15-16-17-19-18(2)20/h18-20H,2-17H2,1H3. The van der Waals surface area contributed by atoms with Gasteiger partial charge in [-0.05, 0) is 19.9 Å². The third-order valence-electron chi connectivity index (χ3n) is 3.91. The third-order valence-corrected chi connectivity index (χ3v) is 3.91. The van der Waals surface area contributed by atoms with Crippen LogP contribution in [0, 0.1) is 6.92 Å². The molecule has 2 heteroatoms. The summed E-state index contributed by atoms with van der Waals surface area (Å²) in [6.45, 7) is 6.66. The Balaban J connectivity index is 2.92. The lowest BCUT2D eigenvalue weighted by Gasteiger charge is -2.06. The van der Waals surface area contributed by atoms with E-state index in [9.17, 15) is 0 Å². The van der Waals surface area contributed by atoms with E-state index in [1.165, 1.54) is 83.5 Å². The zero-order chi connectivity index (χ0) is 14.9. The molecule has 0 saturated carbocycles. The normalized spacial score (nSPS) is 12.8. The molecule has 0 aliphatic carbocycles. The molecule has 0 aromatic carbocycles. The first-order valence-corrected chi connectivity index (χ1v) is 9.02. The Morgan fingerprint density at radius 1 is 0.700 bits per heavy atom. The highest BCUT2D eigenvalue weighted by Crippen LogP contribution is 2.12. The average Bonchev–Trinajstić information content (AvgIpc) is 2.43. The van der Waals surface area contributed by atoms with Crippen LogP contribution in [0.2, 0.25) is 0 Å². The molecular weight excluding hydrogens is 246 g/mol. The van der Waals surface area contributed by atoms with Crippen molar-refractivity contribution in [2.45, 2.75) is 103 Å². The summed E-state index contributed by atoms with van der Waals surface area (Å²) in [5, 5.41) is 11.9. The van der Waals surface area contributed by atoms with E-state index in [2.05, 4.69) is 19.2 Å². The molecule has 0 fully saturated rings. The molecule has 121 valence electrons. The number of nitrogens with one attached hydrogen (secondary N) is 1. The lowest BCUT2D eigenvalue weighted by Crippen LogP contribution is -2.26. The second-order valence-corrected chi connectivity index (χ2v) is 6.07. The molecule has 0 aliphatic rings. The van der Waals surface area contributed by atoms with Crippen molar-refractivity contribution in [3.63, 3.8) is 0 Å². The van der Waals surface area contributed by atoms with Crippen LogP contribution >= 0.6 is 0 Å². The third kappa shape index (κ3) is 17.9. The lowest BCUT2D eigenvalue weighted by molar-refractivity contribution is 0.181. The number of hydrogen-bond acceptors (Lipinski definition) is 2. The van der Waals surface area contributed by atoms with Gasteiger partial charge in [-0.15, -0.1) is 0 Å². The molecule has 2 nitrogen and oxygen atoms in total. The fraction of sp³-hybridized carbons (Fsp3) is 0.944. The largest absolute Gasteiger partial charge is 0.379 e. The van der Waals surface area contributed by atoms with Gasteiger partial charge in [0, 0.05) is 0 Å². The van der Waals surface area contributed by atoms with Gasteiger partial charge in [-0.2, -0.15) is 0 Å². The summed E-state index contributed by atoms with van der Waals surface area (Å²) in [4.78, 5) is 0. The molecule has 0 rings (SSSR count). The highest BCUT2D eigenvalue weighted by Gasteiger charge is 1.95. The number of unbranched alkanes of at least 4 members (excludes halogenated alkanes) is 13. The van der Waals surface area contributed by atoms with E-state index >= 15 is 0 Å². The molecule has 0 aliphatic heterocycles. The Kier molecular flexibility index (Phi) is 16.9. The van der Waals surface area contributed by atoms with Crippen molar-refractivity contribution in [1.29, 1.82) is 0 Å². The fourth-order valence-electron chi connectivity index (χ4n) is 2.59. The quantitative estimate of drug-likeness (QED) is 0.301. The van der Waals surface area contributed by atoms with Gasteiger partial charge in [-0.1, -0.05) is 90.4 Å². The van der Waals surface area contributed by atoms with Crippen molar-refractivity contribution in [1.82, 2.24) is 5.32 Å². The number of hydrogen-bond donors (Lipinski definition) is 2. The van der Waals surface area contributed by atoms with Crippen LogP contribution in [0.5, 0.6) is 0 Å². The topological polar surface area (TPSA) is 32.3 Å². The number of aliphatic hydroxyl groups is 1. The van der Waals surface area contributed by atoms with Gasteiger partial charge < -0.3 is 5.11 Å². The minimum atomic E-state index is -0.600. The predicted molar refractivity (Wildman–Crippen MR) is 89.7 cm³/mol. The van der Waals surface area contributed by atoms with E-state index in [1.54, 1.807) is 0 Å². The summed E-state index contributed by atoms with van der Waals surface area (Å²) in [6.07, 6.45) is 18.8. The van der Waals surface area contributed by atoms with Gasteiger partial charge in [0.2, 0.25) is 0 Å². The van der Waals surface area contributed by atoms with E-state index in [0.717, 1.165) is 13.0 Å². The second-order valence-electron chi connectivity index (χ2n) is 6.07. The zero-order valence-electron chi connectivity index (χ0n) is 13.8. The van der Waals surface area contributed by atoms with Gasteiger partial charge in [-0.3, -0.25) is 5.32 Å². The van der Waals surface area contributed by atoms with Crippen molar-refractivity contribution in [2.24, 2.45) is 0 Å². The first kappa shape index (κ1) is 19.9. The van der Waals surface area contributed by atoms with Crippen LogP contribution in [0.4, 0.5) is 0 Å². The van der Waals surface area contributed by atoms with Crippen LogP contribution in [0.25, 0.3) is 0 Å². The van der Waals surface area contributed by atoms with Crippen LogP contribution in [0.1, 0.15) is 96.8 Å². The highest BCUT2D eigenvalue weighted by atomic mass is 16.3. The van der Waals surface area contributed by atoms with Crippen molar-refractivity contribution in [3.05, 3.63) is 6.92 Å². The summed E-state index contributed by atoms with van der Waals surface area (Å²) >= 11 is 0. The number of rotatable bonds is 16. The summed E-state index contributed by atoms with van der Waals surface area (Å²) in [5.74, 6) is 0. The van der Waals surface area contributed by atoms with Gasteiger partial charge in [0.1, 0.15) is 6.23 Å².